The zero-order valence-corrected chi connectivity index (χ0v) is 13.4. The van der Waals surface area contributed by atoms with Crippen molar-refractivity contribution in [3.8, 4) is 17.0 Å². The summed E-state index contributed by atoms with van der Waals surface area (Å²) in [4.78, 5) is 11.8. The topological polar surface area (TPSA) is 64.4 Å². The number of carbonyl (C=O) groups excluding carboxylic acids is 1. The summed E-state index contributed by atoms with van der Waals surface area (Å²) < 4.78 is 36.4. The van der Waals surface area contributed by atoms with Gasteiger partial charge in [0.1, 0.15) is 11.4 Å². The molecule has 1 aromatic heterocycles. The van der Waals surface area contributed by atoms with Gasteiger partial charge < -0.3 is 9.26 Å². The number of rotatable bonds is 5. The van der Waals surface area contributed by atoms with Crippen LogP contribution in [0.1, 0.15) is 0 Å². The van der Waals surface area contributed by atoms with Crippen LogP contribution < -0.4 is 10.1 Å². The Morgan fingerprint density at radius 3 is 2.60 bits per heavy atom. The molecule has 1 N–H and O–H groups in total. The number of aromatic nitrogens is 1. The van der Waals surface area contributed by atoms with E-state index >= 15 is 0 Å². The average Bonchev–Trinajstić information content (AvgIpc) is 3.05. The second kappa shape index (κ2) is 7.31. The zero-order chi connectivity index (χ0) is 17.8. The fourth-order valence-corrected chi connectivity index (χ4v) is 2.10. The Balaban J connectivity index is 1.59. The normalized spacial score (nSPS) is 10.5. The van der Waals surface area contributed by atoms with Crippen molar-refractivity contribution in [1.82, 2.24) is 5.16 Å². The van der Waals surface area contributed by atoms with Crippen molar-refractivity contribution in [2.24, 2.45) is 0 Å². The Kier molecular flexibility index (Phi) is 4.95. The number of ether oxygens (including phenoxy) is 1. The summed E-state index contributed by atoms with van der Waals surface area (Å²) in [6, 6.07) is 11.3. The van der Waals surface area contributed by atoms with Crippen LogP contribution in [0.4, 0.5) is 14.7 Å². The Morgan fingerprint density at radius 2 is 1.88 bits per heavy atom. The number of hydrogen-bond acceptors (Lipinski definition) is 4. The molecule has 0 saturated heterocycles. The Morgan fingerprint density at radius 1 is 1.12 bits per heavy atom. The second-order valence-electron chi connectivity index (χ2n) is 5.00. The van der Waals surface area contributed by atoms with Crippen LogP contribution in [0.2, 0.25) is 5.02 Å². The predicted molar refractivity (Wildman–Crippen MR) is 87.4 cm³/mol. The Labute approximate surface area is 146 Å². The smallest absolute Gasteiger partial charge is 0.264 e. The highest BCUT2D eigenvalue weighted by atomic mass is 35.5. The van der Waals surface area contributed by atoms with Crippen molar-refractivity contribution in [2.75, 3.05) is 11.9 Å². The molecule has 0 saturated carbocycles. The first-order chi connectivity index (χ1) is 12.0. The molecule has 0 atom stereocenters. The van der Waals surface area contributed by atoms with E-state index in [0.29, 0.717) is 16.3 Å². The maximum atomic E-state index is 13.2. The van der Waals surface area contributed by atoms with Gasteiger partial charge in [-0.15, -0.1) is 0 Å². The average molecular weight is 365 g/mol. The molecule has 2 aromatic carbocycles. The van der Waals surface area contributed by atoms with Crippen LogP contribution >= 0.6 is 11.6 Å². The summed E-state index contributed by atoms with van der Waals surface area (Å²) in [5, 5.41) is 6.72. The minimum Gasteiger partial charge on any atom is -0.484 e. The highest BCUT2D eigenvalue weighted by Gasteiger charge is 2.12. The van der Waals surface area contributed by atoms with Gasteiger partial charge in [0.2, 0.25) is 5.88 Å². The molecule has 25 heavy (non-hydrogen) atoms. The molecule has 0 aliphatic carbocycles. The molecule has 3 rings (SSSR count). The molecule has 0 spiro atoms. The lowest BCUT2D eigenvalue weighted by molar-refractivity contribution is -0.118. The third kappa shape index (κ3) is 4.33. The van der Waals surface area contributed by atoms with E-state index in [4.69, 9.17) is 20.9 Å². The first kappa shape index (κ1) is 16.9. The number of anilines is 1. The minimum atomic E-state index is -0.998. The summed E-state index contributed by atoms with van der Waals surface area (Å²) in [6.07, 6.45) is 0. The molecule has 0 aliphatic heterocycles. The third-order valence-corrected chi connectivity index (χ3v) is 3.42. The van der Waals surface area contributed by atoms with Crippen LogP contribution in [0.25, 0.3) is 11.3 Å². The minimum absolute atomic E-state index is 0.0597. The van der Waals surface area contributed by atoms with Gasteiger partial charge in [0, 0.05) is 16.7 Å². The van der Waals surface area contributed by atoms with Crippen molar-refractivity contribution in [2.45, 2.75) is 0 Å². The molecule has 8 heteroatoms. The van der Waals surface area contributed by atoms with E-state index < -0.39 is 17.5 Å². The highest BCUT2D eigenvalue weighted by Crippen LogP contribution is 2.23. The summed E-state index contributed by atoms with van der Waals surface area (Å²) >= 11 is 5.75. The number of nitrogens with zero attached hydrogens (tertiary/aromatic N) is 1. The fraction of sp³-hybridized carbons (Fsp3) is 0.0588. The third-order valence-electron chi connectivity index (χ3n) is 3.17. The number of halogens is 3. The monoisotopic (exact) mass is 364 g/mol. The van der Waals surface area contributed by atoms with E-state index in [-0.39, 0.29) is 18.2 Å². The van der Waals surface area contributed by atoms with E-state index in [9.17, 15) is 13.6 Å². The zero-order valence-electron chi connectivity index (χ0n) is 12.6. The largest absolute Gasteiger partial charge is 0.484 e. The van der Waals surface area contributed by atoms with Crippen LogP contribution in [-0.2, 0) is 4.79 Å². The van der Waals surface area contributed by atoms with Gasteiger partial charge in [0.25, 0.3) is 5.91 Å². The molecule has 0 unspecified atom stereocenters. The summed E-state index contributed by atoms with van der Waals surface area (Å²) in [5.41, 5.74) is 0.577. The van der Waals surface area contributed by atoms with Crippen molar-refractivity contribution in [1.29, 1.82) is 0 Å². The van der Waals surface area contributed by atoms with E-state index in [2.05, 4.69) is 10.5 Å². The van der Waals surface area contributed by atoms with Gasteiger partial charge in [-0.25, -0.2) is 8.78 Å². The van der Waals surface area contributed by atoms with E-state index in [1.165, 1.54) is 12.1 Å². The lowest BCUT2D eigenvalue weighted by Crippen LogP contribution is -2.19. The van der Waals surface area contributed by atoms with Gasteiger partial charge in [-0.3, -0.25) is 10.1 Å². The van der Waals surface area contributed by atoms with E-state index in [0.717, 1.165) is 12.1 Å². The van der Waals surface area contributed by atoms with Crippen LogP contribution in [0.3, 0.4) is 0 Å². The Bertz CT molecular complexity index is 897. The molecule has 1 amide bonds. The van der Waals surface area contributed by atoms with E-state index in [1.54, 1.807) is 24.3 Å². The number of amides is 1. The van der Waals surface area contributed by atoms with Crippen LogP contribution in [-0.4, -0.2) is 17.7 Å². The Hall–Kier alpha value is -2.93. The maximum Gasteiger partial charge on any atom is 0.264 e. The first-order valence-corrected chi connectivity index (χ1v) is 7.49. The molecular weight excluding hydrogens is 354 g/mol. The molecule has 0 bridgehead atoms. The van der Waals surface area contributed by atoms with Crippen molar-refractivity contribution >= 4 is 23.4 Å². The van der Waals surface area contributed by atoms with Gasteiger partial charge in [0.15, 0.2) is 18.2 Å². The fourth-order valence-electron chi connectivity index (χ4n) is 1.98. The quantitative estimate of drug-likeness (QED) is 0.733. The molecule has 0 radical (unpaired) electrons. The molecule has 1 heterocycles. The molecule has 3 aromatic rings. The van der Waals surface area contributed by atoms with Gasteiger partial charge in [-0.2, -0.15) is 0 Å². The number of benzene rings is 2. The first-order valence-electron chi connectivity index (χ1n) is 7.11. The SMILES string of the molecule is O=C(COc1ccc(Cl)cc1)Nc1cc(-c2ccc(F)c(F)c2)no1. The number of nitrogens with one attached hydrogen (secondary N) is 1. The molecule has 0 fully saturated rings. The van der Waals surface area contributed by atoms with Gasteiger partial charge in [-0.05, 0) is 42.5 Å². The number of hydrogen-bond donors (Lipinski definition) is 1. The van der Waals surface area contributed by atoms with Crippen LogP contribution in [0, 0.1) is 11.6 Å². The molecule has 0 aliphatic rings. The molecule has 128 valence electrons. The highest BCUT2D eigenvalue weighted by molar-refractivity contribution is 6.30. The summed E-state index contributed by atoms with van der Waals surface area (Å²) in [7, 11) is 0. The standard InChI is InChI=1S/C17H11ClF2N2O3/c18-11-2-4-12(5-3-11)24-9-16(23)21-17-8-15(22-25-17)10-1-6-13(19)14(20)7-10/h1-8H,9H2,(H,21,23). The summed E-state index contributed by atoms with van der Waals surface area (Å²) in [5.74, 6) is -1.88. The van der Waals surface area contributed by atoms with Crippen molar-refractivity contribution < 1.29 is 22.8 Å². The lowest BCUT2D eigenvalue weighted by atomic mass is 10.1. The number of carbonyl (C=O) groups is 1. The van der Waals surface area contributed by atoms with Gasteiger partial charge in [0.05, 0.1) is 0 Å². The van der Waals surface area contributed by atoms with Gasteiger partial charge >= 0.3 is 0 Å². The van der Waals surface area contributed by atoms with Crippen LogP contribution in [0.5, 0.6) is 5.75 Å². The molecular formula is C17H11ClF2N2O3. The van der Waals surface area contributed by atoms with Crippen LogP contribution in [0.15, 0.2) is 53.1 Å². The lowest BCUT2D eigenvalue weighted by Gasteiger charge is -2.05. The predicted octanol–water partition coefficient (Wildman–Crippen LogP) is 4.29. The van der Waals surface area contributed by atoms with Gasteiger partial charge in [-0.1, -0.05) is 16.8 Å². The van der Waals surface area contributed by atoms with E-state index in [1.807, 2.05) is 0 Å². The molecule has 5 nitrogen and oxygen atoms in total. The maximum absolute atomic E-state index is 13.2. The van der Waals surface area contributed by atoms with Crippen molar-refractivity contribution in [3.63, 3.8) is 0 Å². The second-order valence-corrected chi connectivity index (χ2v) is 5.43. The summed E-state index contributed by atoms with van der Waals surface area (Å²) in [6.45, 7) is -0.247. The van der Waals surface area contributed by atoms with Crippen molar-refractivity contribution in [3.05, 3.63) is 65.2 Å².